The minimum atomic E-state index is -0.448. The first kappa shape index (κ1) is 16.1. The molecule has 8 heteroatoms. The lowest BCUT2D eigenvalue weighted by atomic mass is 10.2. The highest BCUT2D eigenvalue weighted by Gasteiger charge is 2.36. The Bertz CT molecular complexity index is 621. The first-order valence-corrected chi connectivity index (χ1v) is 7.72. The lowest BCUT2D eigenvalue weighted by Crippen LogP contribution is -2.30. The van der Waals surface area contributed by atoms with Crippen LogP contribution >= 0.6 is 35.0 Å². The molecule has 1 aromatic carbocycles. The van der Waals surface area contributed by atoms with Gasteiger partial charge in [0.1, 0.15) is 5.25 Å². The number of aliphatic imine (C=N–C) groups is 1. The standard InChI is InChI=1S/C13H13Cl2N3O2S/c1-16-13-18(2)12(20)10(21-13)6-11(19)17-7-3-4-8(14)9(15)5-7/h3-5,10H,6H2,1-2H3,(H,17,19). The lowest BCUT2D eigenvalue weighted by Gasteiger charge is -2.09. The lowest BCUT2D eigenvalue weighted by molar-refractivity contribution is -0.127. The van der Waals surface area contributed by atoms with Crippen LogP contribution in [0.4, 0.5) is 5.69 Å². The number of hydrogen-bond acceptors (Lipinski definition) is 4. The van der Waals surface area contributed by atoms with Crippen molar-refractivity contribution in [2.24, 2.45) is 4.99 Å². The van der Waals surface area contributed by atoms with Crippen molar-refractivity contribution in [2.45, 2.75) is 11.7 Å². The van der Waals surface area contributed by atoms with E-state index in [-0.39, 0.29) is 18.2 Å². The van der Waals surface area contributed by atoms with Crippen LogP contribution in [0.15, 0.2) is 23.2 Å². The van der Waals surface area contributed by atoms with Gasteiger partial charge in [0, 0.05) is 26.2 Å². The molecule has 0 aliphatic carbocycles. The molecule has 1 unspecified atom stereocenters. The number of amidine groups is 1. The van der Waals surface area contributed by atoms with Gasteiger partial charge in [-0.1, -0.05) is 35.0 Å². The number of thioether (sulfide) groups is 1. The summed E-state index contributed by atoms with van der Waals surface area (Å²) in [5, 5.41) is 3.65. The van der Waals surface area contributed by atoms with Gasteiger partial charge in [-0.15, -0.1) is 0 Å². The van der Waals surface area contributed by atoms with Gasteiger partial charge in [0.05, 0.1) is 10.0 Å². The maximum atomic E-state index is 12.0. The van der Waals surface area contributed by atoms with Crippen LogP contribution in [0.2, 0.25) is 10.0 Å². The highest BCUT2D eigenvalue weighted by Crippen LogP contribution is 2.29. The minimum absolute atomic E-state index is 0.0765. The van der Waals surface area contributed by atoms with Gasteiger partial charge in [-0.25, -0.2) is 0 Å². The Morgan fingerprint density at radius 1 is 1.43 bits per heavy atom. The second-order valence-electron chi connectivity index (χ2n) is 4.39. The smallest absolute Gasteiger partial charge is 0.242 e. The Morgan fingerprint density at radius 3 is 2.71 bits per heavy atom. The van der Waals surface area contributed by atoms with Crippen LogP contribution in [0.25, 0.3) is 0 Å². The predicted molar refractivity (Wildman–Crippen MR) is 87.2 cm³/mol. The van der Waals surface area contributed by atoms with Crippen LogP contribution in [0.5, 0.6) is 0 Å². The van der Waals surface area contributed by atoms with E-state index >= 15 is 0 Å². The number of nitrogens with zero attached hydrogens (tertiary/aromatic N) is 2. The quantitative estimate of drug-likeness (QED) is 0.915. The SMILES string of the molecule is CN=C1SC(CC(=O)Nc2ccc(Cl)c(Cl)c2)C(=O)N1C. The van der Waals surface area contributed by atoms with Crippen molar-refractivity contribution in [1.29, 1.82) is 0 Å². The molecule has 1 heterocycles. The third-order valence-electron chi connectivity index (χ3n) is 2.91. The van der Waals surface area contributed by atoms with Gasteiger partial charge in [0.25, 0.3) is 0 Å². The number of nitrogens with one attached hydrogen (secondary N) is 1. The molecule has 0 radical (unpaired) electrons. The number of hydrogen-bond donors (Lipinski definition) is 1. The fourth-order valence-electron chi connectivity index (χ4n) is 1.85. The molecular weight excluding hydrogens is 333 g/mol. The van der Waals surface area contributed by atoms with Crippen LogP contribution in [-0.2, 0) is 9.59 Å². The number of halogens is 2. The van der Waals surface area contributed by atoms with E-state index in [4.69, 9.17) is 23.2 Å². The second kappa shape index (κ2) is 6.68. The van der Waals surface area contributed by atoms with E-state index in [1.54, 1.807) is 32.3 Å². The second-order valence-corrected chi connectivity index (χ2v) is 6.38. The van der Waals surface area contributed by atoms with Crippen LogP contribution in [0, 0.1) is 0 Å². The predicted octanol–water partition coefficient (Wildman–Crippen LogP) is 2.88. The van der Waals surface area contributed by atoms with Crippen molar-refractivity contribution in [2.75, 3.05) is 19.4 Å². The molecule has 1 aromatic rings. The van der Waals surface area contributed by atoms with E-state index < -0.39 is 5.25 Å². The van der Waals surface area contributed by atoms with Gasteiger partial charge in [0.2, 0.25) is 11.8 Å². The van der Waals surface area contributed by atoms with Crippen molar-refractivity contribution in [1.82, 2.24) is 4.90 Å². The molecule has 2 rings (SSSR count). The number of anilines is 1. The molecule has 0 bridgehead atoms. The van der Waals surface area contributed by atoms with Crippen molar-refractivity contribution >= 4 is 57.6 Å². The van der Waals surface area contributed by atoms with Crippen molar-refractivity contribution in [3.05, 3.63) is 28.2 Å². The molecule has 0 spiro atoms. The fourth-order valence-corrected chi connectivity index (χ4v) is 3.25. The van der Waals surface area contributed by atoms with Crippen LogP contribution in [0.1, 0.15) is 6.42 Å². The summed E-state index contributed by atoms with van der Waals surface area (Å²) in [5.41, 5.74) is 0.544. The number of carbonyl (C=O) groups excluding carboxylic acids is 2. The highest BCUT2D eigenvalue weighted by atomic mass is 35.5. The molecule has 1 aliphatic heterocycles. The van der Waals surface area contributed by atoms with Crippen molar-refractivity contribution in [3.63, 3.8) is 0 Å². The molecule has 2 amide bonds. The monoisotopic (exact) mass is 345 g/mol. The van der Waals surface area contributed by atoms with Gasteiger partial charge in [-0.05, 0) is 18.2 Å². The summed E-state index contributed by atoms with van der Waals surface area (Å²) < 4.78 is 0. The third-order valence-corrected chi connectivity index (χ3v) is 4.97. The first-order chi connectivity index (χ1) is 9.92. The minimum Gasteiger partial charge on any atom is -0.326 e. The normalized spacial score (nSPS) is 20.2. The Labute approximate surface area is 136 Å². The molecule has 0 saturated carbocycles. The topological polar surface area (TPSA) is 61.8 Å². The number of carbonyl (C=O) groups is 2. The Morgan fingerprint density at radius 2 is 2.14 bits per heavy atom. The molecule has 1 aliphatic rings. The van der Waals surface area contributed by atoms with Gasteiger partial charge in [-0.3, -0.25) is 19.5 Å². The summed E-state index contributed by atoms with van der Waals surface area (Å²) in [4.78, 5) is 29.4. The fraction of sp³-hybridized carbons (Fsp3) is 0.308. The molecule has 5 nitrogen and oxygen atoms in total. The van der Waals surface area contributed by atoms with Gasteiger partial charge >= 0.3 is 0 Å². The summed E-state index contributed by atoms with van der Waals surface area (Å²) in [6, 6.07) is 4.82. The van der Waals surface area contributed by atoms with Crippen LogP contribution in [0.3, 0.4) is 0 Å². The molecule has 112 valence electrons. The maximum absolute atomic E-state index is 12.0. The number of rotatable bonds is 3. The molecule has 0 aromatic heterocycles. The zero-order valence-corrected chi connectivity index (χ0v) is 13.7. The summed E-state index contributed by atoms with van der Waals surface area (Å²) >= 11 is 13.0. The van der Waals surface area contributed by atoms with E-state index in [0.717, 1.165) is 0 Å². The Kier molecular flexibility index (Phi) is 5.13. The third kappa shape index (κ3) is 3.70. The summed E-state index contributed by atoms with van der Waals surface area (Å²) in [7, 11) is 3.26. The molecular formula is C13H13Cl2N3O2S. The Balaban J connectivity index is 1.99. The maximum Gasteiger partial charge on any atom is 0.242 e. The summed E-state index contributed by atoms with van der Waals surface area (Å²) in [6.07, 6.45) is 0.0765. The van der Waals surface area contributed by atoms with Crippen LogP contribution < -0.4 is 5.32 Å². The van der Waals surface area contributed by atoms with Crippen LogP contribution in [-0.4, -0.2) is 41.2 Å². The molecule has 1 saturated heterocycles. The van der Waals surface area contributed by atoms with Crippen molar-refractivity contribution in [3.8, 4) is 0 Å². The zero-order chi connectivity index (χ0) is 15.6. The average Bonchev–Trinajstić information content (AvgIpc) is 2.70. The van der Waals surface area contributed by atoms with E-state index in [2.05, 4.69) is 10.3 Å². The summed E-state index contributed by atoms with van der Waals surface area (Å²) in [5.74, 6) is -0.380. The largest absolute Gasteiger partial charge is 0.326 e. The molecule has 1 N–H and O–H groups in total. The van der Waals surface area contributed by atoms with E-state index in [0.29, 0.717) is 20.9 Å². The molecule has 21 heavy (non-hydrogen) atoms. The Hall–Kier alpha value is -1.24. The number of amides is 2. The molecule has 1 fully saturated rings. The summed E-state index contributed by atoms with van der Waals surface area (Å²) in [6.45, 7) is 0. The first-order valence-electron chi connectivity index (χ1n) is 6.08. The van der Waals surface area contributed by atoms with Gasteiger partial charge < -0.3 is 5.32 Å². The van der Waals surface area contributed by atoms with Gasteiger partial charge in [0.15, 0.2) is 5.17 Å². The number of benzene rings is 1. The van der Waals surface area contributed by atoms with E-state index in [1.807, 2.05) is 0 Å². The average molecular weight is 346 g/mol. The van der Waals surface area contributed by atoms with Crippen molar-refractivity contribution < 1.29 is 9.59 Å². The highest BCUT2D eigenvalue weighted by molar-refractivity contribution is 8.15. The van der Waals surface area contributed by atoms with E-state index in [9.17, 15) is 9.59 Å². The molecule has 1 atom stereocenters. The van der Waals surface area contributed by atoms with Gasteiger partial charge in [-0.2, -0.15) is 0 Å². The zero-order valence-electron chi connectivity index (χ0n) is 11.4. The van der Waals surface area contributed by atoms with E-state index in [1.165, 1.54) is 16.7 Å².